The highest BCUT2D eigenvalue weighted by molar-refractivity contribution is 5.96. The molecule has 7 heteroatoms. The fourth-order valence-corrected chi connectivity index (χ4v) is 2.49. The van der Waals surface area contributed by atoms with Crippen LogP contribution in [0.3, 0.4) is 0 Å². The van der Waals surface area contributed by atoms with Gasteiger partial charge in [0.2, 0.25) is 0 Å². The monoisotopic (exact) mass is 345 g/mol. The standard InChI is InChI=1S/C18H23N3O4/c1-11-5-6-16(24-4)14(9-11)7-8-19-18(23)21-20-17(22)15-10-12(2)25-13(15)3/h5-6,9-10H,7-8H2,1-4H3,(H,20,22)(H2,19,21,23). The molecule has 0 fully saturated rings. The number of rotatable bonds is 5. The Morgan fingerprint density at radius 1 is 1.12 bits per heavy atom. The minimum atomic E-state index is -0.488. The fourth-order valence-electron chi connectivity index (χ4n) is 2.49. The van der Waals surface area contributed by atoms with Crippen molar-refractivity contribution >= 4 is 11.9 Å². The lowest BCUT2D eigenvalue weighted by atomic mass is 10.1. The van der Waals surface area contributed by atoms with Crippen molar-refractivity contribution in [2.24, 2.45) is 0 Å². The van der Waals surface area contributed by atoms with Crippen LogP contribution in [0, 0.1) is 20.8 Å². The smallest absolute Gasteiger partial charge is 0.333 e. The molecule has 3 amide bonds. The van der Waals surface area contributed by atoms with E-state index in [1.807, 2.05) is 25.1 Å². The highest BCUT2D eigenvalue weighted by atomic mass is 16.5. The fraction of sp³-hybridized carbons (Fsp3) is 0.333. The van der Waals surface area contributed by atoms with Gasteiger partial charge >= 0.3 is 6.03 Å². The third-order valence-corrected chi connectivity index (χ3v) is 3.69. The zero-order valence-electron chi connectivity index (χ0n) is 14.9. The summed E-state index contributed by atoms with van der Waals surface area (Å²) in [6.45, 7) is 5.85. The van der Waals surface area contributed by atoms with E-state index in [0.29, 0.717) is 30.0 Å². The largest absolute Gasteiger partial charge is 0.496 e. The number of hydrogen-bond donors (Lipinski definition) is 3. The van der Waals surface area contributed by atoms with Gasteiger partial charge in [-0.2, -0.15) is 0 Å². The zero-order valence-corrected chi connectivity index (χ0v) is 14.9. The molecule has 0 aliphatic rings. The Labute approximate surface area is 146 Å². The Morgan fingerprint density at radius 3 is 2.52 bits per heavy atom. The number of carbonyl (C=O) groups is 2. The molecule has 0 atom stereocenters. The SMILES string of the molecule is COc1ccc(C)cc1CCNC(=O)NNC(=O)c1cc(C)oc1C. The molecule has 2 rings (SSSR count). The van der Waals surface area contributed by atoms with Gasteiger partial charge in [-0.1, -0.05) is 17.7 Å². The summed E-state index contributed by atoms with van der Waals surface area (Å²) in [5, 5.41) is 2.68. The normalized spacial score (nSPS) is 10.2. The first kappa shape index (κ1) is 18.4. The highest BCUT2D eigenvalue weighted by Gasteiger charge is 2.14. The lowest BCUT2D eigenvalue weighted by Crippen LogP contribution is -2.47. The van der Waals surface area contributed by atoms with Gasteiger partial charge < -0.3 is 14.5 Å². The van der Waals surface area contributed by atoms with Gasteiger partial charge in [0.05, 0.1) is 12.7 Å². The molecule has 0 aliphatic carbocycles. The molecule has 1 aromatic carbocycles. The number of furan rings is 1. The number of urea groups is 1. The number of benzene rings is 1. The van der Waals surface area contributed by atoms with Crippen molar-refractivity contribution in [2.45, 2.75) is 27.2 Å². The highest BCUT2D eigenvalue weighted by Crippen LogP contribution is 2.19. The van der Waals surface area contributed by atoms with E-state index in [-0.39, 0.29) is 0 Å². The van der Waals surface area contributed by atoms with E-state index in [0.717, 1.165) is 16.9 Å². The molecule has 0 saturated carbocycles. The molecular weight excluding hydrogens is 322 g/mol. The molecule has 134 valence electrons. The number of hydrogen-bond acceptors (Lipinski definition) is 4. The van der Waals surface area contributed by atoms with Crippen LogP contribution in [0.1, 0.15) is 33.0 Å². The maximum Gasteiger partial charge on any atom is 0.333 e. The minimum Gasteiger partial charge on any atom is -0.496 e. The van der Waals surface area contributed by atoms with Gasteiger partial charge in [0.15, 0.2) is 0 Å². The van der Waals surface area contributed by atoms with Gasteiger partial charge in [-0.25, -0.2) is 10.2 Å². The second-order valence-electron chi connectivity index (χ2n) is 5.73. The zero-order chi connectivity index (χ0) is 18.4. The molecular formula is C18H23N3O4. The van der Waals surface area contributed by atoms with Crippen LogP contribution in [0.15, 0.2) is 28.7 Å². The summed E-state index contributed by atoms with van der Waals surface area (Å²) in [4.78, 5) is 23.8. The van der Waals surface area contributed by atoms with E-state index >= 15 is 0 Å². The average Bonchev–Trinajstić information content (AvgIpc) is 2.91. The van der Waals surface area contributed by atoms with E-state index in [2.05, 4.69) is 16.2 Å². The first-order valence-electron chi connectivity index (χ1n) is 7.95. The minimum absolute atomic E-state index is 0.391. The van der Waals surface area contributed by atoms with Crippen molar-refractivity contribution in [3.63, 3.8) is 0 Å². The third kappa shape index (κ3) is 5.00. The molecule has 3 N–H and O–H groups in total. The summed E-state index contributed by atoms with van der Waals surface area (Å²) in [6, 6.07) is 7.02. The molecule has 0 unspecified atom stereocenters. The Kier molecular flexibility index (Phi) is 6.05. The maximum atomic E-state index is 12.0. The van der Waals surface area contributed by atoms with Gasteiger partial charge in [0, 0.05) is 6.54 Å². The van der Waals surface area contributed by atoms with Crippen LogP contribution in [0.2, 0.25) is 0 Å². The number of methoxy groups -OCH3 is 1. The van der Waals surface area contributed by atoms with Crippen LogP contribution in [-0.2, 0) is 6.42 Å². The molecule has 7 nitrogen and oxygen atoms in total. The Hall–Kier alpha value is -2.96. The van der Waals surface area contributed by atoms with Crippen LogP contribution in [0.5, 0.6) is 5.75 Å². The lowest BCUT2D eigenvalue weighted by Gasteiger charge is -2.11. The Morgan fingerprint density at radius 2 is 1.88 bits per heavy atom. The molecule has 0 spiro atoms. The van der Waals surface area contributed by atoms with Crippen LogP contribution in [-0.4, -0.2) is 25.6 Å². The Balaban J connectivity index is 1.79. The van der Waals surface area contributed by atoms with Crippen molar-refractivity contribution in [3.8, 4) is 5.75 Å². The molecule has 0 bridgehead atoms. The van der Waals surface area contributed by atoms with E-state index in [1.165, 1.54) is 0 Å². The van der Waals surface area contributed by atoms with Gasteiger partial charge in [-0.15, -0.1) is 0 Å². The molecule has 0 saturated heterocycles. The van der Waals surface area contributed by atoms with Crippen LogP contribution in [0.4, 0.5) is 4.79 Å². The second kappa shape index (κ2) is 8.23. The molecule has 1 heterocycles. The molecule has 0 radical (unpaired) electrons. The lowest BCUT2D eigenvalue weighted by molar-refractivity contribution is 0.0934. The number of ether oxygens (including phenoxy) is 1. The first-order chi connectivity index (χ1) is 11.9. The number of carbonyl (C=O) groups excluding carboxylic acids is 2. The average molecular weight is 345 g/mol. The molecule has 25 heavy (non-hydrogen) atoms. The predicted molar refractivity (Wildman–Crippen MR) is 93.6 cm³/mol. The third-order valence-electron chi connectivity index (χ3n) is 3.69. The van der Waals surface area contributed by atoms with Gasteiger partial charge in [0.25, 0.3) is 5.91 Å². The van der Waals surface area contributed by atoms with Crippen molar-refractivity contribution in [2.75, 3.05) is 13.7 Å². The molecule has 1 aromatic heterocycles. The van der Waals surface area contributed by atoms with Crippen molar-refractivity contribution in [1.29, 1.82) is 0 Å². The number of nitrogens with one attached hydrogen (secondary N) is 3. The number of amides is 3. The Bertz CT molecular complexity index is 768. The summed E-state index contributed by atoms with van der Waals surface area (Å²) in [5.41, 5.74) is 7.19. The van der Waals surface area contributed by atoms with Gasteiger partial charge in [0.1, 0.15) is 17.3 Å². The first-order valence-corrected chi connectivity index (χ1v) is 7.95. The number of hydrazine groups is 1. The summed E-state index contributed by atoms with van der Waals surface area (Å²) in [6.07, 6.45) is 0.617. The van der Waals surface area contributed by atoms with Crippen molar-refractivity contribution in [3.05, 3.63) is 52.5 Å². The predicted octanol–water partition coefficient (Wildman–Crippen LogP) is 2.40. The van der Waals surface area contributed by atoms with E-state index < -0.39 is 11.9 Å². The summed E-state index contributed by atoms with van der Waals surface area (Å²) >= 11 is 0. The van der Waals surface area contributed by atoms with Gasteiger partial charge in [-0.3, -0.25) is 10.2 Å². The quantitative estimate of drug-likeness (QED) is 0.726. The van der Waals surface area contributed by atoms with E-state index in [9.17, 15) is 9.59 Å². The topological polar surface area (TPSA) is 92.6 Å². The summed E-state index contributed by atoms with van der Waals surface area (Å²) in [5.74, 6) is 1.50. The van der Waals surface area contributed by atoms with Crippen LogP contribution < -0.4 is 20.9 Å². The van der Waals surface area contributed by atoms with Crippen LogP contribution >= 0.6 is 0 Å². The molecule has 0 aliphatic heterocycles. The van der Waals surface area contributed by atoms with Crippen molar-refractivity contribution in [1.82, 2.24) is 16.2 Å². The van der Waals surface area contributed by atoms with Gasteiger partial charge in [-0.05, 0) is 44.9 Å². The van der Waals surface area contributed by atoms with Crippen molar-refractivity contribution < 1.29 is 18.7 Å². The summed E-state index contributed by atoms with van der Waals surface area (Å²) in [7, 11) is 1.61. The molecule has 2 aromatic rings. The van der Waals surface area contributed by atoms with Crippen LogP contribution in [0.25, 0.3) is 0 Å². The van der Waals surface area contributed by atoms with E-state index in [4.69, 9.17) is 9.15 Å². The number of aryl methyl sites for hydroxylation is 3. The maximum absolute atomic E-state index is 12.0. The summed E-state index contributed by atoms with van der Waals surface area (Å²) < 4.78 is 10.6. The van der Waals surface area contributed by atoms with E-state index in [1.54, 1.807) is 27.0 Å². The second-order valence-corrected chi connectivity index (χ2v) is 5.73.